The van der Waals surface area contributed by atoms with Gasteiger partial charge in [-0.3, -0.25) is 19.7 Å². The monoisotopic (exact) mass is 392 g/mol. The molecule has 3 rings (SSSR count). The number of rotatable bonds is 5. The van der Waals surface area contributed by atoms with Crippen LogP contribution < -0.4 is 10.7 Å². The maximum Gasteiger partial charge on any atom is 0.311 e. The van der Waals surface area contributed by atoms with Crippen LogP contribution in [0.2, 0.25) is 0 Å². The van der Waals surface area contributed by atoms with Crippen LogP contribution >= 0.6 is 0 Å². The van der Waals surface area contributed by atoms with Crippen LogP contribution in [0.1, 0.15) is 30.5 Å². The van der Waals surface area contributed by atoms with Crippen molar-refractivity contribution in [2.45, 2.75) is 25.8 Å². The Hall–Kier alpha value is -3.81. The maximum absolute atomic E-state index is 12.3. The standard InChI is InChI=1S/C21H20N4O4/c1-21(2)12-15-5-3-4-6-17(15)18(23-21)11-19(26)20(27)24-22-13-14-7-9-16(10-8-14)25(28)29/h3-11,13,23H,12H2,1-2H3,(H,24,27)/b18-11-,22-13+. The Labute approximate surface area is 167 Å². The molecule has 0 unspecified atom stereocenters. The van der Waals surface area contributed by atoms with E-state index < -0.39 is 16.6 Å². The van der Waals surface area contributed by atoms with Crippen LogP contribution in [0.4, 0.5) is 5.69 Å². The third-order valence-electron chi connectivity index (χ3n) is 4.40. The average Bonchev–Trinajstić information content (AvgIpc) is 2.67. The molecule has 0 aromatic heterocycles. The van der Waals surface area contributed by atoms with Gasteiger partial charge in [0, 0.05) is 35.0 Å². The molecular formula is C21H20N4O4. The lowest BCUT2D eigenvalue weighted by Gasteiger charge is -2.35. The molecule has 1 amide bonds. The van der Waals surface area contributed by atoms with E-state index in [4.69, 9.17) is 0 Å². The van der Waals surface area contributed by atoms with E-state index in [1.807, 2.05) is 38.1 Å². The van der Waals surface area contributed by atoms with Crippen LogP contribution in [0.15, 0.2) is 59.7 Å². The topological polar surface area (TPSA) is 114 Å². The van der Waals surface area contributed by atoms with Gasteiger partial charge >= 0.3 is 5.91 Å². The van der Waals surface area contributed by atoms with Crippen LogP contribution in [-0.4, -0.2) is 28.4 Å². The molecule has 148 valence electrons. The number of amides is 1. The first kappa shape index (κ1) is 19.9. The number of nitrogens with zero attached hydrogens (tertiary/aromatic N) is 2. The van der Waals surface area contributed by atoms with Gasteiger partial charge in [0.25, 0.3) is 5.69 Å². The molecule has 1 aliphatic rings. The number of nitrogens with one attached hydrogen (secondary N) is 2. The molecule has 0 saturated heterocycles. The first-order chi connectivity index (χ1) is 13.7. The van der Waals surface area contributed by atoms with E-state index in [1.165, 1.54) is 36.6 Å². The van der Waals surface area contributed by atoms with Crippen molar-refractivity contribution in [2.75, 3.05) is 0 Å². The van der Waals surface area contributed by atoms with Crippen LogP contribution in [0.3, 0.4) is 0 Å². The molecule has 2 aromatic carbocycles. The van der Waals surface area contributed by atoms with Crippen molar-refractivity contribution in [1.29, 1.82) is 0 Å². The SMILES string of the molecule is CC1(C)Cc2ccccc2/C(=C/C(=O)C(=O)N/N=C/c2ccc([N+](=O)[O-])cc2)N1. The van der Waals surface area contributed by atoms with Gasteiger partial charge in [0.2, 0.25) is 5.78 Å². The minimum atomic E-state index is -0.877. The maximum atomic E-state index is 12.3. The number of non-ortho nitro benzene ring substituents is 1. The quantitative estimate of drug-likeness (QED) is 0.267. The highest BCUT2D eigenvalue weighted by molar-refractivity contribution is 6.41. The van der Waals surface area contributed by atoms with E-state index >= 15 is 0 Å². The van der Waals surface area contributed by atoms with Crippen LogP contribution in [0.25, 0.3) is 5.70 Å². The smallest absolute Gasteiger partial charge is 0.311 e. The zero-order valence-corrected chi connectivity index (χ0v) is 16.0. The minimum absolute atomic E-state index is 0.0452. The molecule has 0 radical (unpaired) electrons. The summed E-state index contributed by atoms with van der Waals surface area (Å²) in [7, 11) is 0. The second-order valence-electron chi connectivity index (χ2n) is 7.31. The van der Waals surface area contributed by atoms with Crippen molar-refractivity contribution >= 4 is 29.3 Å². The Morgan fingerprint density at radius 1 is 1.17 bits per heavy atom. The Kier molecular flexibility index (Phi) is 5.54. The number of fused-ring (bicyclic) bond motifs is 1. The molecule has 0 aliphatic carbocycles. The Balaban J connectivity index is 1.69. The van der Waals surface area contributed by atoms with Gasteiger partial charge in [0.1, 0.15) is 0 Å². The third-order valence-corrected chi connectivity index (χ3v) is 4.40. The molecule has 8 heteroatoms. The van der Waals surface area contributed by atoms with Gasteiger partial charge < -0.3 is 5.32 Å². The van der Waals surface area contributed by atoms with Crippen LogP contribution in [0, 0.1) is 10.1 Å². The second kappa shape index (κ2) is 8.05. The fourth-order valence-electron chi connectivity index (χ4n) is 3.10. The molecule has 8 nitrogen and oxygen atoms in total. The number of nitro groups is 1. The predicted molar refractivity (Wildman–Crippen MR) is 109 cm³/mol. The van der Waals surface area contributed by atoms with Gasteiger partial charge in [-0.2, -0.15) is 5.10 Å². The predicted octanol–water partition coefficient (Wildman–Crippen LogP) is 2.58. The summed E-state index contributed by atoms with van der Waals surface area (Å²) in [4.78, 5) is 34.5. The number of nitro benzene ring substituents is 1. The number of carbonyl (C=O) groups is 2. The van der Waals surface area contributed by atoms with Gasteiger partial charge in [0.15, 0.2) is 0 Å². The molecule has 0 saturated carbocycles. The van der Waals surface area contributed by atoms with Gasteiger partial charge in [0.05, 0.1) is 11.1 Å². The summed E-state index contributed by atoms with van der Waals surface area (Å²) < 4.78 is 0. The summed E-state index contributed by atoms with van der Waals surface area (Å²) in [6, 6.07) is 13.4. The molecule has 0 spiro atoms. The van der Waals surface area contributed by atoms with Crippen LogP contribution in [0.5, 0.6) is 0 Å². The van der Waals surface area contributed by atoms with Crippen molar-refractivity contribution in [2.24, 2.45) is 5.10 Å². The van der Waals surface area contributed by atoms with Crippen molar-refractivity contribution in [3.05, 3.63) is 81.4 Å². The highest BCUT2D eigenvalue weighted by Gasteiger charge is 2.28. The van der Waals surface area contributed by atoms with Gasteiger partial charge in [-0.25, -0.2) is 5.43 Å². The first-order valence-corrected chi connectivity index (χ1v) is 8.95. The summed E-state index contributed by atoms with van der Waals surface area (Å²) >= 11 is 0. The lowest BCUT2D eigenvalue weighted by atomic mass is 9.85. The number of hydrogen-bond donors (Lipinski definition) is 2. The highest BCUT2D eigenvalue weighted by atomic mass is 16.6. The van der Waals surface area contributed by atoms with Crippen molar-refractivity contribution in [1.82, 2.24) is 10.7 Å². The molecule has 2 aromatic rings. The zero-order chi connectivity index (χ0) is 21.0. The van der Waals surface area contributed by atoms with E-state index in [-0.39, 0.29) is 11.2 Å². The Morgan fingerprint density at radius 3 is 2.55 bits per heavy atom. The van der Waals surface area contributed by atoms with E-state index in [1.54, 1.807) is 0 Å². The van der Waals surface area contributed by atoms with Crippen molar-refractivity contribution < 1.29 is 14.5 Å². The summed E-state index contributed by atoms with van der Waals surface area (Å²) in [5.74, 6) is -1.61. The van der Waals surface area contributed by atoms with E-state index in [2.05, 4.69) is 15.8 Å². The highest BCUT2D eigenvalue weighted by Crippen LogP contribution is 2.29. The average molecular weight is 392 g/mol. The van der Waals surface area contributed by atoms with E-state index in [9.17, 15) is 19.7 Å². The fourth-order valence-corrected chi connectivity index (χ4v) is 3.10. The zero-order valence-electron chi connectivity index (χ0n) is 16.0. The third kappa shape index (κ3) is 4.92. The Bertz CT molecular complexity index is 1020. The molecule has 0 bridgehead atoms. The lowest BCUT2D eigenvalue weighted by molar-refractivity contribution is -0.384. The number of carbonyl (C=O) groups excluding carboxylic acids is 2. The van der Waals surface area contributed by atoms with Crippen LogP contribution in [-0.2, 0) is 16.0 Å². The second-order valence-corrected chi connectivity index (χ2v) is 7.31. The molecule has 1 heterocycles. The van der Waals surface area contributed by atoms with E-state index in [0.29, 0.717) is 11.3 Å². The molecule has 0 fully saturated rings. The summed E-state index contributed by atoms with van der Waals surface area (Å²) in [6.45, 7) is 4.05. The summed E-state index contributed by atoms with van der Waals surface area (Å²) in [5.41, 5.74) is 5.02. The summed E-state index contributed by atoms with van der Waals surface area (Å²) in [6.07, 6.45) is 3.39. The molecule has 29 heavy (non-hydrogen) atoms. The van der Waals surface area contributed by atoms with Gasteiger partial charge in [-0.15, -0.1) is 0 Å². The molecule has 1 aliphatic heterocycles. The Morgan fingerprint density at radius 2 is 1.86 bits per heavy atom. The first-order valence-electron chi connectivity index (χ1n) is 8.95. The number of hydrogen-bond acceptors (Lipinski definition) is 6. The van der Waals surface area contributed by atoms with Gasteiger partial charge in [-0.1, -0.05) is 24.3 Å². The van der Waals surface area contributed by atoms with Gasteiger partial charge in [-0.05, 0) is 43.5 Å². The molecule has 0 atom stereocenters. The molecule has 2 N–H and O–H groups in total. The normalized spacial score (nSPS) is 16.1. The largest absolute Gasteiger partial charge is 0.379 e. The minimum Gasteiger partial charge on any atom is -0.379 e. The van der Waals surface area contributed by atoms with E-state index in [0.717, 1.165) is 17.5 Å². The molecular weight excluding hydrogens is 372 g/mol. The number of hydrazone groups is 1. The van der Waals surface area contributed by atoms with Crippen molar-refractivity contribution in [3.8, 4) is 0 Å². The lowest BCUT2D eigenvalue weighted by Crippen LogP contribution is -2.44. The number of ketones is 1. The number of benzene rings is 2. The fraction of sp³-hybridized carbons (Fsp3) is 0.190. The summed E-state index contributed by atoms with van der Waals surface area (Å²) in [5, 5.41) is 17.7. The van der Waals surface area contributed by atoms with Crippen molar-refractivity contribution in [3.63, 3.8) is 0 Å².